The molecule has 0 heterocycles. The Labute approximate surface area is 84.3 Å². The molecule has 0 atom stereocenters. The number of nitrogens with one attached hydrogen (secondary N) is 1. The Morgan fingerprint density at radius 1 is 1.20 bits per heavy atom. The summed E-state index contributed by atoms with van der Waals surface area (Å²) in [6, 6.07) is 0. The van der Waals surface area contributed by atoms with Crippen LogP contribution in [0.3, 0.4) is 0 Å². The lowest BCUT2D eigenvalue weighted by molar-refractivity contribution is -0.181. The third-order valence-electron chi connectivity index (χ3n) is 0.791. The van der Waals surface area contributed by atoms with Crippen molar-refractivity contribution in [1.29, 1.82) is 0 Å². The zero-order valence-electron chi connectivity index (χ0n) is 7.41. The molecule has 0 amide bonds. The maximum Gasteiger partial charge on any atom is 0.413 e. The number of sulfonamides is 1. The van der Waals surface area contributed by atoms with Gasteiger partial charge in [-0.05, 0) is 0 Å². The Kier molecular flexibility index (Phi) is 4.51. The first-order valence-corrected chi connectivity index (χ1v) is 6.98. The number of alkyl halides is 3. The molecule has 15 heavy (non-hydrogen) atoms. The second-order valence-corrected chi connectivity index (χ2v) is 6.84. The van der Waals surface area contributed by atoms with E-state index in [0.717, 1.165) is 4.89 Å². The largest absolute Gasteiger partial charge is 0.413 e. The smallest absolute Gasteiger partial charge is 0.278 e. The minimum absolute atomic E-state index is 0.621. The molecule has 0 rings (SSSR count). The van der Waals surface area contributed by atoms with Crippen molar-refractivity contribution in [3.05, 3.63) is 0 Å². The molecule has 0 unspecified atom stereocenters. The topological polar surface area (TPSA) is 89.5 Å². The van der Waals surface area contributed by atoms with Gasteiger partial charge in [0.05, 0.1) is 0 Å². The van der Waals surface area contributed by atoms with Crippen LogP contribution in [-0.2, 0) is 24.7 Å². The van der Waals surface area contributed by atoms with E-state index in [1.807, 2.05) is 0 Å². The molecule has 0 bridgehead atoms. The normalized spacial score (nSPS) is 14.1. The average Bonchev–Trinajstić information content (AvgIpc) is 1.75. The van der Waals surface area contributed by atoms with Crippen LogP contribution in [0.1, 0.15) is 0 Å². The molecule has 0 saturated heterocycles. The Hall–Kier alpha value is -0.390. The maximum atomic E-state index is 11.5. The highest BCUT2D eigenvalue weighted by molar-refractivity contribution is 8.06. The lowest BCUT2D eigenvalue weighted by Crippen LogP contribution is -2.33. The second-order valence-electron chi connectivity index (χ2n) is 2.65. The molecule has 0 fully saturated rings. The van der Waals surface area contributed by atoms with Crippen molar-refractivity contribution in [3.8, 4) is 0 Å². The molecular weight excluding hydrogens is 263 g/mol. The summed E-state index contributed by atoms with van der Waals surface area (Å²) < 4.78 is 77.0. The quantitative estimate of drug-likeness (QED) is 0.674. The van der Waals surface area contributed by atoms with Gasteiger partial charge < -0.3 is 0 Å². The maximum absolute atomic E-state index is 11.5. The first-order valence-electron chi connectivity index (χ1n) is 3.27. The van der Waals surface area contributed by atoms with Gasteiger partial charge in [-0.3, -0.25) is 4.84 Å². The fraction of sp³-hybridized carbons (Fsp3) is 1.00. The van der Waals surface area contributed by atoms with E-state index in [1.165, 1.54) is 0 Å². The average molecular weight is 271 g/mol. The van der Waals surface area contributed by atoms with E-state index >= 15 is 0 Å². The van der Waals surface area contributed by atoms with Crippen molar-refractivity contribution in [2.24, 2.45) is 0 Å². The molecule has 6 nitrogen and oxygen atoms in total. The Morgan fingerprint density at radius 2 is 1.67 bits per heavy atom. The van der Waals surface area contributed by atoms with E-state index in [0.29, 0.717) is 6.26 Å². The summed E-state index contributed by atoms with van der Waals surface area (Å²) in [6.45, 7) is -1.84. The van der Waals surface area contributed by atoms with Crippen LogP contribution in [0.4, 0.5) is 13.2 Å². The van der Waals surface area contributed by atoms with Gasteiger partial charge in [-0.2, -0.15) is 13.2 Å². The van der Waals surface area contributed by atoms with Gasteiger partial charge >= 0.3 is 6.18 Å². The number of hydrogen-bond donors (Lipinski definition) is 1. The van der Waals surface area contributed by atoms with Gasteiger partial charge in [0.15, 0.2) is 21.5 Å². The Balaban J connectivity index is 4.20. The van der Waals surface area contributed by atoms with E-state index in [1.54, 1.807) is 0 Å². The third-order valence-corrected chi connectivity index (χ3v) is 4.12. The molecule has 92 valence electrons. The lowest BCUT2D eigenvalue weighted by atomic mass is 10.7. The van der Waals surface area contributed by atoms with Gasteiger partial charge in [-0.15, -0.1) is 0 Å². The number of sulfone groups is 1. The molecule has 0 saturated carbocycles. The fourth-order valence-corrected chi connectivity index (χ4v) is 3.19. The monoisotopic (exact) mass is 271 g/mol. The van der Waals surface area contributed by atoms with E-state index in [-0.39, 0.29) is 0 Å². The fourth-order valence-electron chi connectivity index (χ4n) is 0.507. The Bertz CT molecular complexity index is 396. The standard InChI is InChI=1S/C4H8F3NO5S2/c1-14(9,10)3-15(11,12)8-13-2-4(5,6)7/h8H,2-3H2,1H3. The van der Waals surface area contributed by atoms with E-state index < -0.39 is 37.7 Å². The molecule has 0 aromatic rings. The SMILES string of the molecule is CS(=O)(=O)CS(=O)(=O)NOCC(F)(F)F. The zero-order valence-corrected chi connectivity index (χ0v) is 9.04. The number of hydrogen-bond acceptors (Lipinski definition) is 5. The summed E-state index contributed by atoms with van der Waals surface area (Å²) in [5, 5.41) is -1.34. The van der Waals surface area contributed by atoms with Crippen molar-refractivity contribution < 1.29 is 34.8 Å². The van der Waals surface area contributed by atoms with Crippen molar-refractivity contribution in [3.63, 3.8) is 0 Å². The van der Waals surface area contributed by atoms with Crippen LogP contribution in [0.25, 0.3) is 0 Å². The van der Waals surface area contributed by atoms with Gasteiger partial charge in [-0.1, -0.05) is 4.89 Å². The molecule has 0 aliphatic rings. The number of halogens is 3. The summed E-state index contributed by atoms with van der Waals surface area (Å²) >= 11 is 0. The highest BCUT2D eigenvalue weighted by Gasteiger charge is 2.29. The van der Waals surface area contributed by atoms with Crippen LogP contribution in [-0.4, -0.2) is 41.0 Å². The molecule has 0 aliphatic carbocycles. The van der Waals surface area contributed by atoms with Gasteiger partial charge in [0.1, 0.15) is 0 Å². The highest BCUT2D eigenvalue weighted by atomic mass is 32.3. The molecular formula is C4H8F3NO5S2. The molecule has 0 aromatic carbocycles. The summed E-state index contributed by atoms with van der Waals surface area (Å²) in [6.07, 6.45) is -4.08. The molecule has 0 aliphatic heterocycles. The van der Waals surface area contributed by atoms with Gasteiger partial charge in [0.2, 0.25) is 10.0 Å². The minimum atomic E-state index is -4.70. The predicted octanol–water partition coefficient (Wildman–Crippen LogP) is -0.598. The van der Waals surface area contributed by atoms with Gasteiger partial charge in [0, 0.05) is 6.26 Å². The van der Waals surface area contributed by atoms with Crippen LogP contribution in [0, 0.1) is 0 Å². The van der Waals surface area contributed by atoms with E-state index in [4.69, 9.17) is 0 Å². The first kappa shape index (κ1) is 14.6. The minimum Gasteiger partial charge on any atom is -0.278 e. The molecule has 11 heteroatoms. The van der Waals surface area contributed by atoms with Crippen molar-refractivity contribution in [1.82, 2.24) is 4.89 Å². The molecule has 0 aromatic heterocycles. The van der Waals surface area contributed by atoms with Crippen LogP contribution in [0.5, 0.6) is 0 Å². The van der Waals surface area contributed by atoms with E-state index in [9.17, 15) is 30.0 Å². The third kappa shape index (κ3) is 9.90. The van der Waals surface area contributed by atoms with E-state index in [2.05, 4.69) is 4.84 Å². The van der Waals surface area contributed by atoms with Crippen LogP contribution in [0.15, 0.2) is 0 Å². The van der Waals surface area contributed by atoms with Crippen LogP contribution < -0.4 is 4.89 Å². The van der Waals surface area contributed by atoms with Gasteiger partial charge in [0.25, 0.3) is 0 Å². The lowest BCUT2D eigenvalue weighted by Gasteiger charge is -2.08. The van der Waals surface area contributed by atoms with Crippen LogP contribution >= 0.6 is 0 Å². The number of rotatable bonds is 5. The van der Waals surface area contributed by atoms with Crippen molar-refractivity contribution >= 4 is 19.9 Å². The second kappa shape index (κ2) is 4.63. The molecule has 0 radical (unpaired) electrons. The summed E-state index contributed by atoms with van der Waals surface area (Å²) in [5.74, 6) is 0. The Morgan fingerprint density at radius 3 is 2.00 bits per heavy atom. The van der Waals surface area contributed by atoms with Crippen molar-refractivity contribution in [2.45, 2.75) is 6.18 Å². The molecule has 0 spiro atoms. The summed E-state index contributed by atoms with van der Waals surface area (Å²) in [4.78, 5) is 4.63. The molecule has 1 N–H and O–H groups in total. The zero-order chi connectivity index (χ0) is 12.3. The highest BCUT2D eigenvalue weighted by Crippen LogP contribution is 2.13. The van der Waals surface area contributed by atoms with Crippen molar-refractivity contribution in [2.75, 3.05) is 17.9 Å². The summed E-state index contributed by atoms with van der Waals surface area (Å²) in [7, 11) is -8.28. The van der Waals surface area contributed by atoms with Gasteiger partial charge in [-0.25, -0.2) is 16.8 Å². The first-order chi connectivity index (χ1) is 6.41. The predicted molar refractivity (Wildman–Crippen MR) is 43.8 cm³/mol. The van der Waals surface area contributed by atoms with Crippen LogP contribution in [0.2, 0.25) is 0 Å². The summed E-state index contributed by atoms with van der Waals surface area (Å²) in [5.41, 5.74) is 0.